The van der Waals surface area contributed by atoms with E-state index in [2.05, 4.69) is 20.8 Å². The van der Waals surface area contributed by atoms with Crippen LogP contribution in [0.1, 0.15) is 27.4 Å². The van der Waals surface area contributed by atoms with Crippen LogP contribution < -0.4 is 10.6 Å². The number of nitrogens with one attached hydrogen (secondary N) is 2. The molecule has 7 nitrogen and oxygen atoms in total. The normalized spacial score (nSPS) is 10.5. The lowest BCUT2D eigenvalue weighted by molar-refractivity contribution is -0.113. The van der Waals surface area contributed by atoms with Crippen molar-refractivity contribution in [2.45, 2.75) is 25.6 Å². The number of nitrogens with zero attached hydrogens (tertiary/aromatic N) is 2. The summed E-state index contributed by atoms with van der Waals surface area (Å²) in [5.41, 5.74) is 3.42. The standard InChI is InChI=1S/C20H20N4O3S/c1-13-8-9-14(2)16(10-13)22-17(25)12-28-20-24-23-18(27-20)11-21-19(26)15-6-4-3-5-7-15/h3-10H,11-12H2,1-2H3,(H,21,26)(H,22,25). The number of benzene rings is 2. The summed E-state index contributed by atoms with van der Waals surface area (Å²) in [7, 11) is 0. The number of thioether (sulfide) groups is 1. The van der Waals surface area contributed by atoms with Crippen LogP contribution in [0.25, 0.3) is 0 Å². The molecule has 3 rings (SSSR count). The largest absolute Gasteiger partial charge is 0.414 e. The van der Waals surface area contributed by atoms with E-state index in [4.69, 9.17) is 4.42 Å². The molecule has 0 bridgehead atoms. The first-order valence-electron chi connectivity index (χ1n) is 8.67. The fourth-order valence-corrected chi connectivity index (χ4v) is 2.98. The molecule has 0 aliphatic heterocycles. The van der Waals surface area contributed by atoms with Crippen LogP contribution in [-0.4, -0.2) is 27.8 Å². The zero-order valence-electron chi connectivity index (χ0n) is 15.6. The molecule has 0 saturated heterocycles. The van der Waals surface area contributed by atoms with Crippen molar-refractivity contribution in [2.24, 2.45) is 0 Å². The highest BCUT2D eigenvalue weighted by atomic mass is 32.2. The Morgan fingerprint density at radius 2 is 1.86 bits per heavy atom. The van der Waals surface area contributed by atoms with Crippen LogP contribution in [0, 0.1) is 13.8 Å². The summed E-state index contributed by atoms with van der Waals surface area (Å²) in [4.78, 5) is 24.2. The van der Waals surface area contributed by atoms with Crippen molar-refractivity contribution in [3.63, 3.8) is 0 Å². The average molecular weight is 396 g/mol. The van der Waals surface area contributed by atoms with Crippen molar-refractivity contribution in [3.8, 4) is 0 Å². The summed E-state index contributed by atoms with van der Waals surface area (Å²) < 4.78 is 5.46. The third-order valence-electron chi connectivity index (χ3n) is 3.88. The van der Waals surface area contributed by atoms with Gasteiger partial charge >= 0.3 is 0 Å². The lowest BCUT2D eigenvalue weighted by Gasteiger charge is -2.08. The summed E-state index contributed by atoms with van der Waals surface area (Å²) in [6.45, 7) is 4.03. The van der Waals surface area contributed by atoms with Gasteiger partial charge in [0.05, 0.1) is 12.3 Å². The average Bonchev–Trinajstić information content (AvgIpc) is 3.16. The van der Waals surface area contributed by atoms with Crippen LogP contribution in [0.2, 0.25) is 0 Å². The summed E-state index contributed by atoms with van der Waals surface area (Å²) >= 11 is 1.14. The van der Waals surface area contributed by atoms with Gasteiger partial charge in [0.2, 0.25) is 11.8 Å². The van der Waals surface area contributed by atoms with Crippen molar-refractivity contribution in [1.29, 1.82) is 0 Å². The molecule has 1 aromatic heterocycles. The van der Waals surface area contributed by atoms with Gasteiger partial charge in [-0.15, -0.1) is 10.2 Å². The molecule has 0 spiro atoms. The van der Waals surface area contributed by atoms with E-state index in [0.717, 1.165) is 28.6 Å². The molecule has 0 atom stereocenters. The topological polar surface area (TPSA) is 97.1 Å². The smallest absolute Gasteiger partial charge is 0.277 e. The molecule has 3 aromatic rings. The number of aryl methyl sites for hydroxylation is 2. The predicted octanol–water partition coefficient (Wildman–Crippen LogP) is 3.35. The number of aromatic nitrogens is 2. The quantitative estimate of drug-likeness (QED) is 0.595. The lowest BCUT2D eigenvalue weighted by atomic mass is 10.1. The zero-order chi connectivity index (χ0) is 19.9. The number of anilines is 1. The first-order valence-corrected chi connectivity index (χ1v) is 9.65. The van der Waals surface area contributed by atoms with Gasteiger partial charge in [0.15, 0.2) is 0 Å². The zero-order valence-corrected chi connectivity index (χ0v) is 16.4. The van der Waals surface area contributed by atoms with Gasteiger partial charge in [-0.2, -0.15) is 0 Å². The lowest BCUT2D eigenvalue weighted by Crippen LogP contribution is -2.22. The van der Waals surface area contributed by atoms with E-state index < -0.39 is 0 Å². The second kappa shape index (κ2) is 9.18. The Kier molecular flexibility index (Phi) is 6.44. The highest BCUT2D eigenvalue weighted by molar-refractivity contribution is 7.99. The van der Waals surface area contributed by atoms with Gasteiger partial charge in [-0.05, 0) is 43.2 Å². The number of carbonyl (C=O) groups excluding carboxylic acids is 2. The number of hydrogen-bond donors (Lipinski definition) is 2. The van der Waals surface area contributed by atoms with E-state index in [1.165, 1.54) is 0 Å². The van der Waals surface area contributed by atoms with Crippen molar-refractivity contribution >= 4 is 29.3 Å². The Bertz CT molecular complexity index is 973. The summed E-state index contributed by atoms with van der Waals surface area (Å²) in [5, 5.41) is 13.6. The Hall–Kier alpha value is -3.13. The number of hydrogen-bond acceptors (Lipinski definition) is 6. The van der Waals surface area contributed by atoms with Gasteiger partial charge in [0.25, 0.3) is 11.1 Å². The van der Waals surface area contributed by atoms with E-state index in [9.17, 15) is 9.59 Å². The van der Waals surface area contributed by atoms with E-state index in [1.807, 2.05) is 38.1 Å². The Morgan fingerprint density at radius 1 is 1.07 bits per heavy atom. The van der Waals surface area contributed by atoms with Crippen LogP contribution in [0.3, 0.4) is 0 Å². The minimum atomic E-state index is -0.221. The third-order valence-corrected chi connectivity index (χ3v) is 4.70. The molecule has 0 fully saturated rings. The molecule has 2 aromatic carbocycles. The molecule has 0 aliphatic carbocycles. The SMILES string of the molecule is Cc1ccc(C)c(NC(=O)CSc2nnc(CNC(=O)c3ccccc3)o2)c1. The Morgan fingerprint density at radius 3 is 2.64 bits per heavy atom. The maximum absolute atomic E-state index is 12.1. The Labute approximate surface area is 166 Å². The minimum Gasteiger partial charge on any atom is -0.414 e. The third kappa shape index (κ3) is 5.43. The molecule has 2 amide bonds. The van der Waals surface area contributed by atoms with Crippen molar-refractivity contribution in [1.82, 2.24) is 15.5 Å². The number of amides is 2. The Balaban J connectivity index is 1.47. The minimum absolute atomic E-state index is 0.121. The van der Waals surface area contributed by atoms with Gasteiger partial charge in [0, 0.05) is 11.3 Å². The molecule has 0 aliphatic rings. The molecule has 28 heavy (non-hydrogen) atoms. The van der Waals surface area contributed by atoms with Crippen LogP contribution in [0.5, 0.6) is 0 Å². The fourth-order valence-electron chi connectivity index (χ4n) is 2.40. The van der Waals surface area contributed by atoms with Crippen LogP contribution in [0.4, 0.5) is 5.69 Å². The van der Waals surface area contributed by atoms with Crippen LogP contribution in [-0.2, 0) is 11.3 Å². The highest BCUT2D eigenvalue weighted by Gasteiger charge is 2.12. The second-order valence-electron chi connectivity index (χ2n) is 6.17. The molecular weight excluding hydrogens is 376 g/mol. The molecule has 0 saturated carbocycles. The first kappa shape index (κ1) is 19.6. The van der Waals surface area contributed by atoms with Gasteiger partial charge < -0.3 is 15.1 Å². The van der Waals surface area contributed by atoms with Gasteiger partial charge in [0.1, 0.15) is 0 Å². The predicted molar refractivity (Wildman–Crippen MR) is 107 cm³/mol. The molecule has 0 unspecified atom stereocenters. The monoisotopic (exact) mass is 396 g/mol. The van der Waals surface area contributed by atoms with Crippen molar-refractivity contribution in [2.75, 3.05) is 11.1 Å². The van der Waals surface area contributed by atoms with Crippen LogP contribution >= 0.6 is 11.8 Å². The summed E-state index contributed by atoms with van der Waals surface area (Å²) in [5.74, 6) is 0.0456. The molecule has 144 valence electrons. The summed E-state index contributed by atoms with van der Waals surface area (Å²) in [6.07, 6.45) is 0. The van der Waals surface area contributed by atoms with E-state index in [0.29, 0.717) is 5.56 Å². The molecular formula is C20H20N4O3S. The first-order chi connectivity index (χ1) is 13.5. The van der Waals surface area contributed by atoms with Crippen LogP contribution in [0.15, 0.2) is 58.2 Å². The molecule has 2 N–H and O–H groups in total. The highest BCUT2D eigenvalue weighted by Crippen LogP contribution is 2.19. The fraction of sp³-hybridized carbons (Fsp3) is 0.200. The molecule has 1 heterocycles. The number of carbonyl (C=O) groups is 2. The second-order valence-corrected chi connectivity index (χ2v) is 7.09. The molecule has 0 radical (unpaired) electrons. The number of rotatable bonds is 7. The van der Waals surface area contributed by atoms with Gasteiger partial charge in [-0.1, -0.05) is 42.1 Å². The van der Waals surface area contributed by atoms with Crippen molar-refractivity contribution < 1.29 is 14.0 Å². The van der Waals surface area contributed by atoms with Gasteiger partial charge in [-0.3, -0.25) is 9.59 Å². The van der Waals surface area contributed by atoms with E-state index in [-0.39, 0.29) is 35.2 Å². The molecule has 8 heteroatoms. The van der Waals surface area contributed by atoms with Crippen molar-refractivity contribution in [3.05, 3.63) is 71.1 Å². The van der Waals surface area contributed by atoms with E-state index in [1.54, 1.807) is 24.3 Å². The maximum Gasteiger partial charge on any atom is 0.277 e. The van der Waals surface area contributed by atoms with E-state index >= 15 is 0 Å². The maximum atomic E-state index is 12.1. The summed E-state index contributed by atoms with van der Waals surface area (Å²) in [6, 6.07) is 14.8. The van der Waals surface area contributed by atoms with Gasteiger partial charge in [-0.25, -0.2) is 0 Å².